The van der Waals surface area contributed by atoms with Gasteiger partial charge in [0.05, 0.1) is 6.26 Å². The van der Waals surface area contributed by atoms with Gasteiger partial charge in [-0.1, -0.05) is 0 Å². The van der Waals surface area contributed by atoms with E-state index >= 15 is 0 Å². The molecule has 0 radical (unpaired) electrons. The molecule has 2 aliphatic rings. The van der Waals surface area contributed by atoms with Gasteiger partial charge in [-0.2, -0.15) is 0 Å². The summed E-state index contributed by atoms with van der Waals surface area (Å²) in [5.41, 5.74) is 1.47. The van der Waals surface area contributed by atoms with Gasteiger partial charge in [-0.05, 0) is 43.2 Å². The van der Waals surface area contributed by atoms with Crippen molar-refractivity contribution in [3.05, 3.63) is 47.4 Å². The summed E-state index contributed by atoms with van der Waals surface area (Å²) in [5, 5.41) is 0. The van der Waals surface area contributed by atoms with Crippen LogP contribution in [0.25, 0.3) is 0 Å². The van der Waals surface area contributed by atoms with Crippen molar-refractivity contribution in [1.82, 2.24) is 9.80 Å². The molecule has 2 aromatic rings. The molecule has 0 aliphatic carbocycles. The van der Waals surface area contributed by atoms with Crippen molar-refractivity contribution >= 4 is 11.8 Å². The minimum Gasteiger partial charge on any atom is -0.486 e. The molecule has 1 aromatic heterocycles. The maximum Gasteiger partial charge on any atom is 0.289 e. The number of rotatable bonds is 2. The Morgan fingerprint density at radius 2 is 1.59 bits per heavy atom. The molecular formula is C20H22N2O5. The van der Waals surface area contributed by atoms with Crippen LogP contribution < -0.4 is 9.47 Å². The summed E-state index contributed by atoms with van der Waals surface area (Å²) in [7, 11) is 0. The van der Waals surface area contributed by atoms with Crippen molar-refractivity contribution in [3.8, 4) is 11.5 Å². The quantitative estimate of drug-likeness (QED) is 0.811. The Hall–Kier alpha value is -2.96. The van der Waals surface area contributed by atoms with Gasteiger partial charge in [0, 0.05) is 31.7 Å². The van der Waals surface area contributed by atoms with E-state index in [1.54, 1.807) is 28.0 Å². The van der Waals surface area contributed by atoms with E-state index in [0.29, 0.717) is 62.2 Å². The van der Waals surface area contributed by atoms with Gasteiger partial charge in [0.2, 0.25) is 0 Å². The molecule has 27 heavy (non-hydrogen) atoms. The van der Waals surface area contributed by atoms with Gasteiger partial charge in [0.25, 0.3) is 11.8 Å². The van der Waals surface area contributed by atoms with Crippen LogP contribution >= 0.6 is 0 Å². The largest absolute Gasteiger partial charge is 0.486 e. The molecule has 7 heteroatoms. The van der Waals surface area contributed by atoms with Crippen molar-refractivity contribution < 1.29 is 23.5 Å². The second-order valence-electron chi connectivity index (χ2n) is 6.73. The fourth-order valence-corrected chi connectivity index (χ4v) is 3.47. The number of carbonyl (C=O) groups excluding carboxylic acids is 2. The first-order chi connectivity index (χ1) is 13.1. The van der Waals surface area contributed by atoms with Crippen LogP contribution in [0.1, 0.15) is 32.9 Å². The number of benzene rings is 1. The second-order valence-corrected chi connectivity index (χ2v) is 6.73. The highest BCUT2D eigenvalue weighted by Crippen LogP contribution is 2.33. The monoisotopic (exact) mass is 370 g/mol. The van der Waals surface area contributed by atoms with E-state index in [1.807, 2.05) is 13.0 Å². The SMILES string of the molecule is Cc1cc2c(cc1C(=O)N1CCCN(C(=O)c3ccco3)CC1)OCCO2. The van der Waals surface area contributed by atoms with E-state index in [1.165, 1.54) is 6.26 Å². The molecule has 4 rings (SSSR count). The summed E-state index contributed by atoms with van der Waals surface area (Å²) in [6.45, 7) is 5.07. The molecular weight excluding hydrogens is 348 g/mol. The zero-order valence-corrected chi connectivity index (χ0v) is 15.3. The van der Waals surface area contributed by atoms with Crippen LogP contribution in [0.4, 0.5) is 0 Å². The van der Waals surface area contributed by atoms with Crippen LogP contribution in [-0.2, 0) is 0 Å². The molecule has 0 atom stereocenters. The molecule has 142 valence electrons. The number of fused-ring (bicyclic) bond motifs is 1. The van der Waals surface area contributed by atoms with Crippen molar-refractivity contribution in [3.63, 3.8) is 0 Å². The molecule has 1 aromatic carbocycles. The van der Waals surface area contributed by atoms with Gasteiger partial charge >= 0.3 is 0 Å². The highest BCUT2D eigenvalue weighted by Gasteiger charge is 2.26. The van der Waals surface area contributed by atoms with E-state index in [0.717, 1.165) is 12.0 Å². The van der Waals surface area contributed by atoms with Crippen molar-refractivity contribution in [2.24, 2.45) is 0 Å². The maximum atomic E-state index is 13.1. The summed E-state index contributed by atoms with van der Waals surface area (Å²) in [6.07, 6.45) is 2.22. The maximum absolute atomic E-state index is 13.1. The zero-order chi connectivity index (χ0) is 18.8. The average Bonchev–Trinajstić information content (AvgIpc) is 3.11. The molecule has 0 unspecified atom stereocenters. The summed E-state index contributed by atoms with van der Waals surface area (Å²) >= 11 is 0. The average molecular weight is 370 g/mol. The minimum atomic E-state index is -0.134. The van der Waals surface area contributed by atoms with Crippen LogP contribution in [0, 0.1) is 6.92 Å². The number of hydrogen-bond acceptors (Lipinski definition) is 5. The van der Waals surface area contributed by atoms with E-state index in [4.69, 9.17) is 13.9 Å². The van der Waals surface area contributed by atoms with Gasteiger partial charge in [0.1, 0.15) is 13.2 Å². The third kappa shape index (κ3) is 3.49. The predicted octanol–water partition coefficient (Wildman–Crippen LogP) is 2.35. The lowest BCUT2D eigenvalue weighted by Gasteiger charge is -2.24. The van der Waals surface area contributed by atoms with Crippen molar-refractivity contribution in [1.29, 1.82) is 0 Å². The Morgan fingerprint density at radius 1 is 0.926 bits per heavy atom. The Morgan fingerprint density at radius 3 is 2.26 bits per heavy atom. The Labute approximate surface area is 157 Å². The standard InChI is InChI=1S/C20H22N2O5/c1-14-12-17-18(27-11-10-26-17)13-15(14)19(23)21-5-3-6-22(8-7-21)20(24)16-4-2-9-25-16/h2,4,9,12-13H,3,5-8,10-11H2,1H3. The van der Waals surface area contributed by atoms with Crippen LogP contribution in [0.2, 0.25) is 0 Å². The first-order valence-corrected chi connectivity index (χ1v) is 9.16. The highest BCUT2D eigenvalue weighted by molar-refractivity contribution is 5.96. The molecule has 1 fully saturated rings. The number of aryl methyl sites for hydroxylation is 1. The van der Waals surface area contributed by atoms with Gasteiger partial charge in [-0.25, -0.2) is 0 Å². The number of furan rings is 1. The summed E-state index contributed by atoms with van der Waals surface area (Å²) < 4.78 is 16.4. The van der Waals surface area contributed by atoms with Crippen LogP contribution in [0.15, 0.2) is 34.9 Å². The number of amides is 2. The number of ether oxygens (including phenoxy) is 2. The summed E-state index contributed by atoms with van der Waals surface area (Å²) in [6, 6.07) is 6.98. The summed E-state index contributed by atoms with van der Waals surface area (Å²) in [4.78, 5) is 29.1. The van der Waals surface area contributed by atoms with E-state index in [9.17, 15) is 9.59 Å². The second kappa shape index (κ2) is 7.34. The molecule has 0 spiro atoms. The van der Waals surface area contributed by atoms with Crippen LogP contribution in [-0.4, -0.2) is 61.0 Å². The molecule has 2 aliphatic heterocycles. The molecule has 0 N–H and O–H groups in total. The first kappa shape index (κ1) is 17.5. The first-order valence-electron chi connectivity index (χ1n) is 9.16. The van der Waals surface area contributed by atoms with E-state index in [2.05, 4.69) is 0 Å². The number of hydrogen-bond donors (Lipinski definition) is 0. The molecule has 3 heterocycles. The Kier molecular flexibility index (Phi) is 4.75. The smallest absolute Gasteiger partial charge is 0.289 e. The molecule has 1 saturated heterocycles. The molecule has 0 bridgehead atoms. The van der Waals surface area contributed by atoms with E-state index < -0.39 is 0 Å². The summed E-state index contributed by atoms with van der Waals surface area (Å²) in [5.74, 6) is 1.44. The molecule has 0 saturated carbocycles. The molecule has 2 amide bonds. The van der Waals surface area contributed by atoms with E-state index in [-0.39, 0.29) is 11.8 Å². The third-order valence-electron chi connectivity index (χ3n) is 4.92. The zero-order valence-electron chi connectivity index (χ0n) is 15.3. The minimum absolute atomic E-state index is 0.0447. The lowest BCUT2D eigenvalue weighted by molar-refractivity contribution is 0.0699. The van der Waals surface area contributed by atoms with Crippen LogP contribution in [0.3, 0.4) is 0 Å². The molecule has 7 nitrogen and oxygen atoms in total. The fourth-order valence-electron chi connectivity index (χ4n) is 3.47. The van der Waals surface area contributed by atoms with Gasteiger partial charge in [0.15, 0.2) is 17.3 Å². The predicted molar refractivity (Wildman–Crippen MR) is 97.3 cm³/mol. The third-order valence-corrected chi connectivity index (χ3v) is 4.92. The van der Waals surface area contributed by atoms with Crippen LogP contribution in [0.5, 0.6) is 11.5 Å². The van der Waals surface area contributed by atoms with Gasteiger partial charge in [-0.3, -0.25) is 9.59 Å². The van der Waals surface area contributed by atoms with Gasteiger partial charge < -0.3 is 23.7 Å². The lowest BCUT2D eigenvalue weighted by atomic mass is 10.1. The lowest BCUT2D eigenvalue weighted by Crippen LogP contribution is -2.37. The number of nitrogens with zero attached hydrogens (tertiary/aromatic N) is 2. The Balaban J connectivity index is 1.48. The Bertz CT molecular complexity index is 846. The number of carbonyl (C=O) groups is 2. The highest BCUT2D eigenvalue weighted by atomic mass is 16.6. The van der Waals surface area contributed by atoms with Crippen molar-refractivity contribution in [2.75, 3.05) is 39.4 Å². The topological polar surface area (TPSA) is 72.2 Å². The van der Waals surface area contributed by atoms with Gasteiger partial charge in [-0.15, -0.1) is 0 Å². The normalized spacial score (nSPS) is 16.8. The fraction of sp³-hybridized carbons (Fsp3) is 0.400. The van der Waals surface area contributed by atoms with Crippen molar-refractivity contribution in [2.45, 2.75) is 13.3 Å².